The number of hydrogen-bond acceptors (Lipinski definition) is 5. The molecule has 1 aromatic carbocycles. The van der Waals surface area contributed by atoms with Crippen molar-refractivity contribution in [2.75, 3.05) is 20.2 Å². The summed E-state index contributed by atoms with van der Waals surface area (Å²) in [7, 11) is 1.62. The Labute approximate surface area is 152 Å². The molecule has 0 bridgehead atoms. The van der Waals surface area contributed by atoms with Crippen LogP contribution in [-0.4, -0.2) is 46.8 Å². The number of nitrogens with zero attached hydrogens (tertiary/aromatic N) is 3. The highest BCUT2D eigenvalue weighted by atomic mass is 16.5. The van der Waals surface area contributed by atoms with Gasteiger partial charge in [-0.3, -0.25) is 9.59 Å². The summed E-state index contributed by atoms with van der Waals surface area (Å²) < 4.78 is 6.40. The number of benzene rings is 1. The van der Waals surface area contributed by atoms with Crippen molar-refractivity contribution in [3.05, 3.63) is 57.5 Å². The number of rotatable bonds is 4. The second-order valence-corrected chi connectivity index (χ2v) is 6.75. The molecule has 1 aliphatic heterocycles. The van der Waals surface area contributed by atoms with Gasteiger partial charge in [-0.1, -0.05) is 12.1 Å². The van der Waals surface area contributed by atoms with Gasteiger partial charge in [-0.05, 0) is 37.1 Å². The van der Waals surface area contributed by atoms with Crippen LogP contribution < -0.4 is 16.0 Å². The van der Waals surface area contributed by atoms with E-state index in [0.717, 1.165) is 22.6 Å². The first-order chi connectivity index (χ1) is 12.4. The molecule has 138 valence electrons. The third kappa shape index (κ3) is 3.62. The average molecular weight is 356 g/mol. The van der Waals surface area contributed by atoms with E-state index in [0.29, 0.717) is 13.1 Å². The van der Waals surface area contributed by atoms with Crippen molar-refractivity contribution in [3.63, 3.8) is 0 Å². The van der Waals surface area contributed by atoms with E-state index in [9.17, 15) is 9.59 Å². The molecule has 1 amide bonds. The van der Waals surface area contributed by atoms with Gasteiger partial charge in [-0.15, -0.1) is 0 Å². The van der Waals surface area contributed by atoms with Gasteiger partial charge in [-0.25, -0.2) is 4.68 Å². The number of ether oxygens (including phenoxy) is 1. The number of carbonyl (C=O) groups excluding carboxylic acids is 1. The Hall–Kier alpha value is -2.67. The molecule has 2 aromatic rings. The van der Waals surface area contributed by atoms with Crippen molar-refractivity contribution in [1.29, 1.82) is 0 Å². The van der Waals surface area contributed by atoms with E-state index < -0.39 is 0 Å². The Balaban J connectivity index is 1.71. The van der Waals surface area contributed by atoms with E-state index in [4.69, 9.17) is 10.5 Å². The fourth-order valence-corrected chi connectivity index (χ4v) is 3.25. The molecule has 1 fully saturated rings. The molecule has 0 radical (unpaired) electrons. The first-order valence-corrected chi connectivity index (χ1v) is 8.61. The van der Waals surface area contributed by atoms with Gasteiger partial charge in [0.2, 0.25) is 5.91 Å². The zero-order valence-electron chi connectivity index (χ0n) is 15.3. The van der Waals surface area contributed by atoms with Gasteiger partial charge in [0.05, 0.1) is 12.8 Å². The maximum atomic E-state index is 12.6. The van der Waals surface area contributed by atoms with Gasteiger partial charge in [0.25, 0.3) is 5.56 Å². The van der Waals surface area contributed by atoms with E-state index in [1.165, 1.54) is 10.7 Å². The standard InChI is InChI=1S/C19H24N4O3/c1-12-8-18(24)23(21-13(12)2)11-19(25)22-9-16(17(20)10-22)14-4-6-15(26-3)7-5-14/h4-8,16-17H,9-11,20H2,1-3H3. The predicted octanol–water partition coefficient (Wildman–Crippen LogP) is 0.822. The number of likely N-dealkylation sites (tertiary alicyclic amines) is 1. The van der Waals surface area contributed by atoms with Crippen LogP contribution in [0.25, 0.3) is 0 Å². The summed E-state index contributed by atoms with van der Waals surface area (Å²) in [6.07, 6.45) is 0. The first-order valence-electron chi connectivity index (χ1n) is 8.61. The van der Waals surface area contributed by atoms with Crippen LogP contribution in [0.1, 0.15) is 22.7 Å². The summed E-state index contributed by atoms with van der Waals surface area (Å²) in [5.41, 5.74) is 8.64. The van der Waals surface area contributed by atoms with Crippen LogP contribution in [0.5, 0.6) is 5.75 Å². The Morgan fingerprint density at radius 2 is 1.96 bits per heavy atom. The summed E-state index contributed by atoms with van der Waals surface area (Å²) in [6, 6.07) is 9.11. The predicted molar refractivity (Wildman–Crippen MR) is 98.3 cm³/mol. The molecule has 0 aliphatic carbocycles. The lowest BCUT2D eigenvalue weighted by Crippen LogP contribution is -2.37. The largest absolute Gasteiger partial charge is 0.497 e. The number of nitrogens with two attached hydrogens (primary N) is 1. The van der Waals surface area contributed by atoms with Gasteiger partial charge in [0, 0.05) is 31.1 Å². The van der Waals surface area contributed by atoms with E-state index >= 15 is 0 Å². The van der Waals surface area contributed by atoms with E-state index in [-0.39, 0.29) is 30.0 Å². The number of hydrogen-bond donors (Lipinski definition) is 1. The molecule has 7 nitrogen and oxygen atoms in total. The van der Waals surface area contributed by atoms with Crippen molar-refractivity contribution in [1.82, 2.24) is 14.7 Å². The summed E-state index contributed by atoms with van der Waals surface area (Å²) >= 11 is 0. The highest BCUT2D eigenvalue weighted by Crippen LogP contribution is 2.28. The van der Waals surface area contributed by atoms with Crippen molar-refractivity contribution in [2.45, 2.75) is 32.4 Å². The maximum Gasteiger partial charge on any atom is 0.267 e. The molecule has 0 spiro atoms. The van der Waals surface area contributed by atoms with Crippen molar-refractivity contribution < 1.29 is 9.53 Å². The molecule has 2 heterocycles. The van der Waals surface area contributed by atoms with Gasteiger partial charge >= 0.3 is 0 Å². The minimum absolute atomic E-state index is 0.0642. The maximum absolute atomic E-state index is 12.6. The van der Waals surface area contributed by atoms with E-state index in [2.05, 4.69) is 5.10 Å². The van der Waals surface area contributed by atoms with Crippen LogP contribution >= 0.6 is 0 Å². The monoisotopic (exact) mass is 356 g/mol. The molecule has 2 unspecified atom stereocenters. The minimum atomic E-state index is -0.267. The lowest BCUT2D eigenvalue weighted by atomic mass is 9.95. The van der Waals surface area contributed by atoms with E-state index in [1.54, 1.807) is 12.0 Å². The smallest absolute Gasteiger partial charge is 0.267 e. The Kier molecular flexibility index (Phi) is 5.08. The molecule has 2 atom stereocenters. The third-order valence-electron chi connectivity index (χ3n) is 4.98. The number of aromatic nitrogens is 2. The summed E-state index contributed by atoms with van der Waals surface area (Å²) in [6.45, 7) is 4.58. The molecule has 1 aliphatic rings. The second-order valence-electron chi connectivity index (χ2n) is 6.75. The van der Waals surface area contributed by atoms with Crippen LogP contribution in [0.15, 0.2) is 35.1 Å². The molecule has 7 heteroatoms. The molecule has 3 rings (SSSR count). The fraction of sp³-hybridized carbons (Fsp3) is 0.421. The third-order valence-corrected chi connectivity index (χ3v) is 4.98. The van der Waals surface area contributed by atoms with Crippen LogP contribution in [0.2, 0.25) is 0 Å². The van der Waals surface area contributed by atoms with Gasteiger partial charge < -0.3 is 15.4 Å². The lowest BCUT2D eigenvalue weighted by molar-refractivity contribution is -0.131. The normalized spacial score (nSPS) is 19.6. The number of methoxy groups -OCH3 is 1. The van der Waals surface area contributed by atoms with Crippen LogP contribution in [-0.2, 0) is 11.3 Å². The fourth-order valence-electron chi connectivity index (χ4n) is 3.25. The summed E-state index contributed by atoms with van der Waals surface area (Å²) in [5.74, 6) is 0.706. The van der Waals surface area contributed by atoms with Crippen LogP contribution in [0.4, 0.5) is 0 Å². The highest BCUT2D eigenvalue weighted by molar-refractivity contribution is 5.76. The number of aryl methyl sites for hydroxylation is 2. The number of carbonyl (C=O) groups is 1. The quantitative estimate of drug-likeness (QED) is 0.876. The van der Waals surface area contributed by atoms with Crippen molar-refractivity contribution >= 4 is 5.91 Å². The zero-order chi connectivity index (χ0) is 18.8. The second kappa shape index (κ2) is 7.29. The summed E-state index contributed by atoms with van der Waals surface area (Å²) in [4.78, 5) is 26.4. The summed E-state index contributed by atoms with van der Waals surface area (Å²) in [5, 5.41) is 4.21. The van der Waals surface area contributed by atoms with Crippen LogP contribution in [0, 0.1) is 13.8 Å². The van der Waals surface area contributed by atoms with E-state index in [1.807, 2.05) is 38.1 Å². The Morgan fingerprint density at radius 3 is 2.62 bits per heavy atom. The number of amides is 1. The minimum Gasteiger partial charge on any atom is -0.497 e. The Bertz CT molecular complexity index is 860. The SMILES string of the molecule is COc1ccc(C2CN(C(=O)Cn3nc(C)c(C)cc3=O)CC2N)cc1. The first kappa shape index (κ1) is 18.1. The molecule has 1 aromatic heterocycles. The zero-order valence-corrected chi connectivity index (χ0v) is 15.3. The van der Waals surface area contributed by atoms with Crippen molar-refractivity contribution in [2.24, 2.45) is 5.73 Å². The van der Waals surface area contributed by atoms with Crippen LogP contribution in [0.3, 0.4) is 0 Å². The average Bonchev–Trinajstić information content (AvgIpc) is 3.01. The molecule has 26 heavy (non-hydrogen) atoms. The Morgan fingerprint density at radius 1 is 1.27 bits per heavy atom. The molecule has 0 saturated carbocycles. The molecular weight excluding hydrogens is 332 g/mol. The lowest BCUT2D eigenvalue weighted by Gasteiger charge is -2.17. The molecular formula is C19H24N4O3. The molecule has 2 N–H and O–H groups in total. The molecule has 1 saturated heterocycles. The van der Waals surface area contributed by atoms with Gasteiger partial charge in [0.1, 0.15) is 12.3 Å². The van der Waals surface area contributed by atoms with Gasteiger partial charge in [-0.2, -0.15) is 5.10 Å². The van der Waals surface area contributed by atoms with Crippen molar-refractivity contribution in [3.8, 4) is 5.75 Å². The highest BCUT2D eigenvalue weighted by Gasteiger charge is 2.34. The topological polar surface area (TPSA) is 90.5 Å². The van der Waals surface area contributed by atoms with Gasteiger partial charge in [0.15, 0.2) is 0 Å².